The minimum atomic E-state index is -3.53. The Kier molecular flexibility index (Phi) is 5.82. The number of aromatic hydroxyl groups is 1. The number of nitrogens with two attached hydrogens (primary N) is 1. The summed E-state index contributed by atoms with van der Waals surface area (Å²) in [6.45, 7) is 3.80. The Balaban J connectivity index is 3.16. The Morgan fingerprint density at radius 1 is 1.32 bits per heavy atom. The molecular formula is C12H20NO5P. The lowest BCUT2D eigenvalue weighted by molar-refractivity contribution is 0.211. The molecule has 1 aromatic rings. The van der Waals surface area contributed by atoms with Crippen molar-refractivity contribution in [2.75, 3.05) is 20.3 Å². The van der Waals surface area contributed by atoms with Crippen LogP contribution in [0.1, 0.15) is 25.2 Å². The molecule has 0 aliphatic carbocycles. The summed E-state index contributed by atoms with van der Waals surface area (Å²) in [5.74, 6) is -0.966. The molecule has 0 aliphatic heterocycles. The maximum absolute atomic E-state index is 12.5. The molecule has 0 saturated carbocycles. The van der Waals surface area contributed by atoms with E-state index >= 15 is 0 Å². The monoisotopic (exact) mass is 289 g/mol. The van der Waals surface area contributed by atoms with E-state index in [0.717, 1.165) is 0 Å². The third kappa shape index (κ3) is 3.48. The van der Waals surface area contributed by atoms with Crippen molar-refractivity contribution in [3.63, 3.8) is 0 Å². The van der Waals surface area contributed by atoms with Crippen LogP contribution in [0.15, 0.2) is 18.2 Å². The maximum atomic E-state index is 12.5. The summed E-state index contributed by atoms with van der Waals surface area (Å²) >= 11 is 0. The van der Waals surface area contributed by atoms with Gasteiger partial charge in [-0.15, -0.1) is 0 Å². The van der Waals surface area contributed by atoms with E-state index in [4.69, 9.17) is 19.5 Å². The lowest BCUT2D eigenvalue weighted by Crippen LogP contribution is -2.15. The van der Waals surface area contributed by atoms with Crippen LogP contribution in [0.25, 0.3) is 0 Å². The number of ether oxygens (including phenoxy) is 1. The number of phenols is 1. The van der Waals surface area contributed by atoms with Crippen molar-refractivity contribution >= 4 is 7.60 Å². The van der Waals surface area contributed by atoms with Crippen LogP contribution in [0.5, 0.6) is 11.5 Å². The first-order valence-electron chi connectivity index (χ1n) is 6.00. The average molecular weight is 289 g/mol. The molecular weight excluding hydrogens is 269 g/mol. The van der Waals surface area contributed by atoms with Gasteiger partial charge >= 0.3 is 7.60 Å². The summed E-state index contributed by atoms with van der Waals surface area (Å²) in [5, 5.41) is 10.0. The van der Waals surface area contributed by atoms with Gasteiger partial charge in [0.1, 0.15) is 5.78 Å². The quantitative estimate of drug-likeness (QED) is 0.750. The smallest absolute Gasteiger partial charge is 0.351 e. The number of hydrogen-bond acceptors (Lipinski definition) is 6. The molecule has 0 spiro atoms. The highest BCUT2D eigenvalue weighted by atomic mass is 31.2. The molecule has 1 aromatic carbocycles. The standard InChI is InChI=1S/C12H20NO5P/c1-4-17-19(15,18-5-2)12(13)9-7-6-8-10(16-3)11(9)14/h6-8,12,14H,4-5,13H2,1-3H3/t12-/m0/s1. The van der Waals surface area contributed by atoms with Gasteiger partial charge in [0.05, 0.1) is 20.3 Å². The Labute approximate surface area is 113 Å². The van der Waals surface area contributed by atoms with Crippen LogP contribution in [0.3, 0.4) is 0 Å². The number of hydrogen-bond donors (Lipinski definition) is 2. The fraction of sp³-hybridized carbons (Fsp3) is 0.500. The zero-order valence-corrected chi connectivity index (χ0v) is 12.2. The van der Waals surface area contributed by atoms with Crippen LogP contribution in [0, 0.1) is 0 Å². The molecule has 1 rings (SSSR count). The lowest BCUT2D eigenvalue weighted by atomic mass is 10.2. The second-order valence-corrected chi connectivity index (χ2v) is 5.87. The zero-order valence-electron chi connectivity index (χ0n) is 11.3. The number of phenolic OH excluding ortho intramolecular Hbond substituents is 1. The normalized spacial score (nSPS) is 13.3. The summed E-state index contributed by atoms with van der Waals surface area (Å²) in [4.78, 5) is 0. The van der Waals surface area contributed by atoms with E-state index in [1.807, 2.05) is 0 Å². The zero-order chi connectivity index (χ0) is 14.5. The van der Waals surface area contributed by atoms with E-state index in [9.17, 15) is 9.67 Å². The average Bonchev–Trinajstić information content (AvgIpc) is 2.39. The molecule has 0 aromatic heterocycles. The first-order chi connectivity index (χ1) is 9.00. The molecule has 0 amide bonds. The number of para-hydroxylation sites is 1. The molecule has 0 heterocycles. The highest BCUT2D eigenvalue weighted by Crippen LogP contribution is 2.59. The number of methoxy groups -OCH3 is 1. The van der Waals surface area contributed by atoms with Gasteiger partial charge < -0.3 is 24.6 Å². The molecule has 0 aliphatic rings. The molecule has 19 heavy (non-hydrogen) atoms. The Hall–Kier alpha value is -1.07. The summed E-state index contributed by atoms with van der Waals surface area (Å²) in [7, 11) is -2.10. The molecule has 3 N–H and O–H groups in total. The molecule has 0 unspecified atom stereocenters. The van der Waals surface area contributed by atoms with Gasteiger partial charge in [0.25, 0.3) is 0 Å². The van der Waals surface area contributed by atoms with E-state index in [1.165, 1.54) is 7.11 Å². The predicted octanol–water partition coefficient (Wildman–Crippen LogP) is 2.62. The second kappa shape index (κ2) is 6.91. The maximum Gasteiger partial charge on any atom is 0.351 e. The van der Waals surface area contributed by atoms with Crippen molar-refractivity contribution in [3.8, 4) is 11.5 Å². The molecule has 7 heteroatoms. The highest BCUT2D eigenvalue weighted by molar-refractivity contribution is 7.54. The van der Waals surface area contributed by atoms with Gasteiger partial charge in [0, 0.05) is 5.56 Å². The first-order valence-corrected chi connectivity index (χ1v) is 7.61. The van der Waals surface area contributed by atoms with Gasteiger partial charge in [0.2, 0.25) is 0 Å². The Morgan fingerprint density at radius 3 is 2.37 bits per heavy atom. The van der Waals surface area contributed by atoms with Crippen molar-refractivity contribution in [2.45, 2.75) is 19.6 Å². The minimum Gasteiger partial charge on any atom is -0.504 e. The van der Waals surface area contributed by atoms with Gasteiger partial charge in [0.15, 0.2) is 11.5 Å². The van der Waals surface area contributed by atoms with Gasteiger partial charge in [-0.25, -0.2) is 0 Å². The van der Waals surface area contributed by atoms with E-state index in [1.54, 1.807) is 32.0 Å². The third-order valence-corrected chi connectivity index (χ3v) is 4.72. The first kappa shape index (κ1) is 16.0. The Morgan fingerprint density at radius 2 is 1.89 bits per heavy atom. The lowest BCUT2D eigenvalue weighted by Gasteiger charge is -2.24. The van der Waals surface area contributed by atoms with E-state index in [2.05, 4.69) is 0 Å². The van der Waals surface area contributed by atoms with E-state index in [0.29, 0.717) is 0 Å². The van der Waals surface area contributed by atoms with Crippen LogP contribution in [0.4, 0.5) is 0 Å². The molecule has 1 atom stereocenters. The van der Waals surface area contributed by atoms with Crippen LogP contribution >= 0.6 is 7.60 Å². The minimum absolute atomic E-state index is 0.155. The van der Waals surface area contributed by atoms with Crippen LogP contribution in [0.2, 0.25) is 0 Å². The largest absolute Gasteiger partial charge is 0.504 e. The number of benzene rings is 1. The van der Waals surface area contributed by atoms with Gasteiger partial charge in [-0.05, 0) is 19.9 Å². The fourth-order valence-corrected chi connectivity index (χ4v) is 3.34. The Bertz CT molecular complexity index is 455. The van der Waals surface area contributed by atoms with Crippen molar-refractivity contribution in [2.24, 2.45) is 5.73 Å². The molecule has 6 nitrogen and oxygen atoms in total. The van der Waals surface area contributed by atoms with E-state index in [-0.39, 0.29) is 30.3 Å². The molecule has 0 saturated heterocycles. The molecule has 0 radical (unpaired) electrons. The SMILES string of the molecule is CCOP(=O)(OCC)[C@H](N)c1cccc(OC)c1O. The van der Waals surface area contributed by atoms with Crippen molar-refractivity contribution in [1.82, 2.24) is 0 Å². The van der Waals surface area contributed by atoms with Crippen LogP contribution < -0.4 is 10.5 Å². The van der Waals surface area contributed by atoms with Gasteiger partial charge in [-0.2, -0.15) is 0 Å². The highest BCUT2D eigenvalue weighted by Gasteiger charge is 2.36. The van der Waals surface area contributed by atoms with Crippen LogP contribution in [-0.4, -0.2) is 25.4 Å². The molecule has 108 valence electrons. The van der Waals surface area contributed by atoms with E-state index < -0.39 is 13.4 Å². The molecule has 0 bridgehead atoms. The molecule has 0 fully saturated rings. The summed E-state index contributed by atoms with van der Waals surface area (Å²) < 4.78 is 27.9. The van der Waals surface area contributed by atoms with Gasteiger partial charge in [-0.1, -0.05) is 12.1 Å². The van der Waals surface area contributed by atoms with Crippen molar-refractivity contribution in [1.29, 1.82) is 0 Å². The summed E-state index contributed by atoms with van der Waals surface area (Å²) in [6, 6.07) is 4.79. The second-order valence-electron chi connectivity index (χ2n) is 3.72. The van der Waals surface area contributed by atoms with Gasteiger partial charge in [-0.3, -0.25) is 4.57 Å². The summed E-state index contributed by atoms with van der Waals surface area (Å²) in [6.07, 6.45) is 0. The fourth-order valence-electron chi connectivity index (χ4n) is 1.67. The predicted molar refractivity (Wildman–Crippen MR) is 72.4 cm³/mol. The van der Waals surface area contributed by atoms with Crippen molar-refractivity contribution < 1.29 is 23.5 Å². The van der Waals surface area contributed by atoms with Crippen molar-refractivity contribution in [3.05, 3.63) is 23.8 Å². The third-order valence-electron chi connectivity index (χ3n) is 2.53. The van der Waals surface area contributed by atoms with Crippen LogP contribution in [-0.2, 0) is 13.6 Å². The number of rotatable bonds is 7. The topological polar surface area (TPSA) is 91.0 Å². The summed E-state index contributed by atoms with van der Waals surface area (Å²) in [5.41, 5.74) is 6.21.